The summed E-state index contributed by atoms with van der Waals surface area (Å²) >= 11 is 0. The second kappa shape index (κ2) is 6.74. The number of benzene rings is 1. The van der Waals surface area contributed by atoms with E-state index in [0.29, 0.717) is 12.3 Å². The van der Waals surface area contributed by atoms with Gasteiger partial charge >= 0.3 is 5.97 Å². The fraction of sp³-hybridized carbons (Fsp3) is 0.682. The molecule has 29 heavy (non-hydrogen) atoms. The second-order valence-corrected chi connectivity index (χ2v) is 9.16. The predicted octanol–water partition coefficient (Wildman–Crippen LogP) is 4.19. The number of esters is 1. The lowest BCUT2D eigenvalue weighted by atomic mass is 9.58. The van der Waals surface area contributed by atoms with Crippen LogP contribution in [0.3, 0.4) is 0 Å². The summed E-state index contributed by atoms with van der Waals surface area (Å²) in [4.78, 5) is 24.5. The van der Waals surface area contributed by atoms with E-state index in [2.05, 4.69) is 6.92 Å². The van der Waals surface area contributed by atoms with Crippen LogP contribution in [0.4, 0.5) is 4.39 Å². The highest BCUT2D eigenvalue weighted by Crippen LogP contribution is 2.60. The zero-order valence-corrected chi connectivity index (χ0v) is 16.9. The van der Waals surface area contributed by atoms with Crippen molar-refractivity contribution in [2.45, 2.75) is 70.4 Å². The third-order valence-corrected chi connectivity index (χ3v) is 7.41. The summed E-state index contributed by atoms with van der Waals surface area (Å²) in [6.45, 7) is 6.08. The number of carbonyl (C=O) groups excluding carboxylic acids is 1. The van der Waals surface area contributed by atoms with Crippen LogP contribution >= 0.6 is 0 Å². The van der Waals surface area contributed by atoms with Crippen molar-refractivity contribution in [3.8, 4) is 0 Å². The molecule has 4 saturated heterocycles. The number of hydrogen-bond donors (Lipinski definition) is 0. The van der Waals surface area contributed by atoms with Gasteiger partial charge in [-0.15, -0.1) is 0 Å². The van der Waals surface area contributed by atoms with Gasteiger partial charge in [-0.3, -0.25) is 0 Å². The SMILES string of the molecule is C[C@H]1[C@H](OC(=O)c2ccccc2F)O[C@@H]2O[C@@]3(C)CC[C@H]4[C@H](C)CC[C@H]1[C@@]24OO3. The van der Waals surface area contributed by atoms with Crippen LogP contribution in [0.1, 0.15) is 56.8 Å². The molecule has 4 heterocycles. The molecule has 6 nitrogen and oxygen atoms in total. The fourth-order valence-electron chi connectivity index (χ4n) is 5.80. The average Bonchev–Trinajstić information content (AvgIpc) is 2.92. The largest absolute Gasteiger partial charge is 0.432 e. The normalized spacial score (nSPS) is 45.9. The molecule has 1 saturated carbocycles. The van der Waals surface area contributed by atoms with E-state index < -0.39 is 35.8 Å². The van der Waals surface area contributed by atoms with Gasteiger partial charge in [0.15, 0.2) is 11.9 Å². The van der Waals surface area contributed by atoms with E-state index in [4.69, 9.17) is 24.0 Å². The van der Waals surface area contributed by atoms with Gasteiger partial charge in [0.2, 0.25) is 12.1 Å². The zero-order valence-electron chi connectivity index (χ0n) is 16.9. The van der Waals surface area contributed by atoms with Crippen LogP contribution < -0.4 is 0 Å². The summed E-state index contributed by atoms with van der Waals surface area (Å²) in [5.41, 5.74) is -0.817. The molecule has 0 radical (unpaired) electrons. The van der Waals surface area contributed by atoms with Crippen molar-refractivity contribution in [3.63, 3.8) is 0 Å². The van der Waals surface area contributed by atoms with Crippen molar-refractivity contribution in [3.05, 3.63) is 35.6 Å². The van der Waals surface area contributed by atoms with Gasteiger partial charge in [-0.2, -0.15) is 0 Å². The Labute approximate surface area is 169 Å². The summed E-state index contributed by atoms with van der Waals surface area (Å²) in [5, 5.41) is 0. The summed E-state index contributed by atoms with van der Waals surface area (Å²) in [7, 11) is 0. The minimum Gasteiger partial charge on any atom is -0.432 e. The van der Waals surface area contributed by atoms with Crippen LogP contribution in [0.2, 0.25) is 0 Å². The summed E-state index contributed by atoms with van der Waals surface area (Å²) in [6, 6.07) is 5.79. The van der Waals surface area contributed by atoms with Crippen molar-refractivity contribution in [1.29, 1.82) is 0 Å². The number of ether oxygens (including phenoxy) is 3. The molecule has 7 heteroatoms. The first kappa shape index (κ1) is 19.4. The van der Waals surface area contributed by atoms with E-state index in [1.807, 2.05) is 13.8 Å². The van der Waals surface area contributed by atoms with Gasteiger partial charge in [0, 0.05) is 18.3 Å². The van der Waals surface area contributed by atoms with Crippen LogP contribution in [-0.2, 0) is 24.0 Å². The number of rotatable bonds is 2. The summed E-state index contributed by atoms with van der Waals surface area (Å²) < 4.78 is 32.1. The quantitative estimate of drug-likeness (QED) is 0.542. The van der Waals surface area contributed by atoms with Gasteiger partial charge < -0.3 is 14.2 Å². The van der Waals surface area contributed by atoms with Crippen molar-refractivity contribution in [2.24, 2.45) is 23.7 Å². The van der Waals surface area contributed by atoms with Gasteiger partial charge in [0.25, 0.3) is 0 Å². The molecule has 4 aliphatic heterocycles. The van der Waals surface area contributed by atoms with Crippen molar-refractivity contribution in [1.82, 2.24) is 0 Å². The van der Waals surface area contributed by atoms with E-state index in [1.54, 1.807) is 6.07 Å². The molecule has 5 aliphatic rings. The summed E-state index contributed by atoms with van der Waals surface area (Å²) in [6.07, 6.45) is 2.06. The smallest absolute Gasteiger partial charge is 0.343 e. The van der Waals surface area contributed by atoms with Crippen LogP contribution in [0.25, 0.3) is 0 Å². The molecular weight excluding hydrogens is 379 g/mol. The summed E-state index contributed by atoms with van der Waals surface area (Å²) in [5.74, 6) is -1.65. The molecule has 1 aromatic carbocycles. The Hall–Kier alpha value is -1.54. The van der Waals surface area contributed by atoms with Crippen LogP contribution in [0.5, 0.6) is 0 Å². The molecule has 0 N–H and O–H groups in total. The monoisotopic (exact) mass is 406 g/mol. The number of halogens is 1. The standard InChI is InChI=1S/C22H27FO6/c1-12-8-9-16-13(2)19(25-18(24)14-6-4-5-7-17(14)23)26-20-22(16)15(12)10-11-21(3,27-20)28-29-22/h4-7,12-13,15-16,19-20H,8-11H2,1-3H3/t12-,13-,15+,16-,19-,20-,21-,22-/m1/s1. The lowest BCUT2D eigenvalue weighted by molar-refractivity contribution is -0.576. The lowest BCUT2D eigenvalue weighted by Gasteiger charge is -2.59. The molecule has 1 aliphatic carbocycles. The zero-order chi connectivity index (χ0) is 20.4. The molecule has 6 rings (SSSR count). The average molecular weight is 406 g/mol. The first-order valence-corrected chi connectivity index (χ1v) is 10.5. The minimum atomic E-state index is -0.891. The van der Waals surface area contributed by atoms with Gasteiger partial charge in [0.1, 0.15) is 5.82 Å². The Kier molecular flexibility index (Phi) is 4.51. The van der Waals surface area contributed by atoms with Crippen LogP contribution in [0, 0.1) is 29.5 Å². The number of hydrogen-bond acceptors (Lipinski definition) is 6. The Morgan fingerprint density at radius 3 is 2.72 bits per heavy atom. The molecule has 0 aromatic heterocycles. The highest BCUT2D eigenvalue weighted by atomic mass is 19.1. The van der Waals surface area contributed by atoms with E-state index in [0.717, 1.165) is 19.3 Å². The number of carbonyl (C=O) groups is 1. The Balaban J connectivity index is 1.46. The Morgan fingerprint density at radius 1 is 1.14 bits per heavy atom. The van der Waals surface area contributed by atoms with Gasteiger partial charge in [-0.05, 0) is 50.2 Å². The van der Waals surface area contributed by atoms with Crippen LogP contribution in [0.15, 0.2) is 24.3 Å². The highest BCUT2D eigenvalue weighted by molar-refractivity contribution is 5.89. The van der Waals surface area contributed by atoms with Crippen molar-refractivity contribution in [2.75, 3.05) is 0 Å². The molecule has 2 bridgehead atoms. The maximum absolute atomic E-state index is 14.0. The molecule has 0 unspecified atom stereocenters. The van der Waals surface area contributed by atoms with Gasteiger partial charge in [0.05, 0.1) is 5.56 Å². The van der Waals surface area contributed by atoms with E-state index in [1.165, 1.54) is 18.2 Å². The second-order valence-electron chi connectivity index (χ2n) is 9.16. The van der Waals surface area contributed by atoms with E-state index in [9.17, 15) is 9.18 Å². The third kappa shape index (κ3) is 2.86. The van der Waals surface area contributed by atoms with Crippen LogP contribution in [-0.4, -0.2) is 29.9 Å². The first-order valence-electron chi connectivity index (χ1n) is 10.5. The highest BCUT2D eigenvalue weighted by Gasteiger charge is 2.69. The first-order chi connectivity index (χ1) is 13.8. The molecule has 8 atom stereocenters. The maximum atomic E-state index is 14.0. The third-order valence-electron chi connectivity index (χ3n) is 7.41. The number of fused-ring (bicyclic) bond motifs is 2. The molecule has 1 aromatic rings. The Morgan fingerprint density at radius 2 is 1.93 bits per heavy atom. The van der Waals surface area contributed by atoms with Gasteiger partial charge in [-0.25, -0.2) is 19.0 Å². The lowest BCUT2D eigenvalue weighted by Crippen LogP contribution is -2.70. The van der Waals surface area contributed by atoms with E-state index in [-0.39, 0.29) is 23.3 Å². The molecular formula is C22H27FO6. The van der Waals surface area contributed by atoms with Crippen molar-refractivity contribution >= 4 is 5.97 Å². The van der Waals surface area contributed by atoms with Crippen molar-refractivity contribution < 1.29 is 33.2 Å². The fourth-order valence-corrected chi connectivity index (χ4v) is 5.80. The molecule has 0 amide bonds. The molecule has 1 spiro atoms. The maximum Gasteiger partial charge on any atom is 0.343 e. The molecule has 5 fully saturated rings. The van der Waals surface area contributed by atoms with E-state index >= 15 is 0 Å². The topological polar surface area (TPSA) is 63.2 Å². The van der Waals surface area contributed by atoms with Gasteiger partial charge in [-0.1, -0.05) is 26.0 Å². The Bertz CT molecular complexity index is 816. The minimum absolute atomic E-state index is 0.0449. The predicted molar refractivity (Wildman–Crippen MR) is 98.6 cm³/mol. The molecule has 158 valence electrons.